The number of methoxy groups -OCH3 is 1. The Hall–Kier alpha value is -2.98. The van der Waals surface area contributed by atoms with Gasteiger partial charge in [-0.15, -0.1) is 0 Å². The zero-order valence-corrected chi connectivity index (χ0v) is 17.9. The van der Waals surface area contributed by atoms with Crippen molar-refractivity contribution in [1.29, 1.82) is 0 Å². The lowest BCUT2D eigenvalue weighted by molar-refractivity contribution is -0.150. The molecular formula is C21H23FN2O6S. The average molecular weight is 450 g/mol. The van der Waals surface area contributed by atoms with E-state index < -0.39 is 46.4 Å². The van der Waals surface area contributed by atoms with Gasteiger partial charge >= 0.3 is 5.97 Å². The van der Waals surface area contributed by atoms with Crippen molar-refractivity contribution in [2.45, 2.75) is 30.4 Å². The molecule has 0 spiro atoms. The van der Waals surface area contributed by atoms with Crippen LogP contribution >= 0.6 is 0 Å². The van der Waals surface area contributed by atoms with Crippen LogP contribution in [0.25, 0.3) is 0 Å². The van der Waals surface area contributed by atoms with Crippen LogP contribution in [0.2, 0.25) is 0 Å². The molecule has 0 aromatic heterocycles. The molecule has 0 aliphatic carbocycles. The molecule has 8 nitrogen and oxygen atoms in total. The van der Waals surface area contributed by atoms with Crippen molar-refractivity contribution in [1.82, 2.24) is 9.62 Å². The van der Waals surface area contributed by atoms with Gasteiger partial charge in [0, 0.05) is 6.42 Å². The molecule has 2 unspecified atom stereocenters. The third-order valence-electron chi connectivity index (χ3n) is 4.90. The molecule has 10 heteroatoms. The Balaban J connectivity index is 1.70. The van der Waals surface area contributed by atoms with Crippen LogP contribution in [0.4, 0.5) is 4.39 Å². The molecule has 1 saturated heterocycles. The number of hydrogen-bond donors (Lipinski definition) is 1. The van der Waals surface area contributed by atoms with Crippen LogP contribution in [-0.2, 0) is 24.3 Å². The molecule has 2 aromatic carbocycles. The average Bonchev–Trinajstić information content (AvgIpc) is 3.17. The highest BCUT2D eigenvalue weighted by molar-refractivity contribution is 7.89. The van der Waals surface area contributed by atoms with Crippen LogP contribution in [-0.4, -0.2) is 57.5 Å². The zero-order valence-electron chi connectivity index (χ0n) is 17.1. The summed E-state index contributed by atoms with van der Waals surface area (Å²) in [6, 6.07) is 11.1. The van der Waals surface area contributed by atoms with Crippen LogP contribution in [0.3, 0.4) is 0 Å². The van der Waals surface area contributed by atoms with Crippen molar-refractivity contribution >= 4 is 21.9 Å². The number of aryl methyl sites for hydroxylation is 1. The van der Waals surface area contributed by atoms with Gasteiger partial charge in [-0.1, -0.05) is 24.3 Å². The number of para-hydroxylation sites is 1. The van der Waals surface area contributed by atoms with E-state index in [9.17, 15) is 22.4 Å². The number of esters is 1. The Morgan fingerprint density at radius 1 is 1.19 bits per heavy atom. The molecule has 1 amide bonds. The van der Waals surface area contributed by atoms with Crippen LogP contribution < -0.4 is 9.46 Å². The fourth-order valence-corrected chi connectivity index (χ4v) is 4.44. The summed E-state index contributed by atoms with van der Waals surface area (Å²) >= 11 is 0. The molecule has 31 heavy (non-hydrogen) atoms. The van der Waals surface area contributed by atoms with Gasteiger partial charge in [0.2, 0.25) is 15.9 Å². The molecule has 1 aliphatic heterocycles. The first-order valence-corrected chi connectivity index (χ1v) is 11.0. The summed E-state index contributed by atoms with van der Waals surface area (Å²) in [5.41, 5.74) is 0.757. The Bertz CT molecular complexity index is 1080. The summed E-state index contributed by atoms with van der Waals surface area (Å²) in [6.45, 7) is 1.19. The number of nitrogens with zero attached hydrogens (tertiary/aromatic N) is 1. The lowest BCUT2D eigenvalue weighted by Crippen LogP contribution is -2.46. The van der Waals surface area contributed by atoms with Crippen molar-refractivity contribution in [3.63, 3.8) is 0 Å². The molecule has 1 fully saturated rings. The number of nitrogens with one attached hydrogen (secondary N) is 1. The van der Waals surface area contributed by atoms with Crippen LogP contribution in [0.15, 0.2) is 53.4 Å². The Morgan fingerprint density at radius 2 is 1.94 bits per heavy atom. The van der Waals surface area contributed by atoms with E-state index in [2.05, 4.69) is 4.72 Å². The van der Waals surface area contributed by atoms with E-state index >= 15 is 0 Å². The summed E-state index contributed by atoms with van der Waals surface area (Å²) in [5.74, 6) is -1.83. The number of carbonyl (C=O) groups excluding carboxylic acids is 2. The number of rotatable bonds is 7. The number of benzene rings is 2. The molecule has 0 bridgehead atoms. The second-order valence-corrected chi connectivity index (χ2v) is 8.90. The third kappa shape index (κ3) is 5.39. The van der Waals surface area contributed by atoms with E-state index in [0.717, 1.165) is 5.56 Å². The first kappa shape index (κ1) is 22.7. The maximum atomic E-state index is 13.9. The highest BCUT2D eigenvalue weighted by Crippen LogP contribution is 2.25. The van der Waals surface area contributed by atoms with Crippen molar-refractivity contribution in [2.75, 3.05) is 20.2 Å². The van der Waals surface area contributed by atoms with Gasteiger partial charge < -0.3 is 14.4 Å². The predicted molar refractivity (Wildman–Crippen MR) is 109 cm³/mol. The van der Waals surface area contributed by atoms with Gasteiger partial charge in [-0.25, -0.2) is 22.3 Å². The molecule has 3 rings (SSSR count). The maximum absolute atomic E-state index is 13.9. The highest BCUT2D eigenvalue weighted by Gasteiger charge is 2.41. The maximum Gasteiger partial charge on any atom is 0.328 e. The molecule has 0 saturated carbocycles. The van der Waals surface area contributed by atoms with Gasteiger partial charge in [-0.3, -0.25) is 4.79 Å². The van der Waals surface area contributed by atoms with Gasteiger partial charge in [-0.05, 0) is 36.8 Å². The first-order valence-electron chi connectivity index (χ1n) is 9.56. The van der Waals surface area contributed by atoms with Crippen LogP contribution in [0, 0.1) is 12.7 Å². The van der Waals surface area contributed by atoms with Crippen LogP contribution in [0.1, 0.15) is 12.0 Å². The smallest absolute Gasteiger partial charge is 0.328 e. The molecule has 166 valence electrons. The molecule has 1 heterocycles. The van der Waals surface area contributed by atoms with Crippen molar-refractivity contribution in [2.24, 2.45) is 0 Å². The molecule has 1 aliphatic rings. The fraction of sp³-hybridized carbons (Fsp3) is 0.333. The Labute approximate surface area is 180 Å². The summed E-state index contributed by atoms with van der Waals surface area (Å²) in [4.78, 5) is 26.1. The third-order valence-corrected chi connectivity index (χ3v) is 6.30. The topological polar surface area (TPSA) is 102 Å². The lowest BCUT2D eigenvalue weighted by atomic mass is 10.2. The summed E-state index contributed by atoms with van der Waals surface area (Å²) in [6.07, 6.45) is -0.560. The molecule has 2 aromatic rings. The second-order valence-electron chi connectivity index (χ2n) is 7.13. The quantitative estimate of drug-likeness (QED) is 0.644. The van der Waals surface area contributed by atoms with E-state index in [0.29, 0.717) is 0 Å². The Morgan fingerprint density at radius 3 is 2.61 bits per heavy atom. The number of sulfonamides is 1. The minimum atomic E-state index is -3.91. The lowest BCUT2D eigenvalue weighted by Gasteiger charge is -2.22. The van der Waals surface area contributed by atoms with E-state index in [1.165, 1.54) is 42.3 Å². The molecule has 2 atom stereocenters. The van der Waals surface area contributed by atoms with E-state index in [-0.39, 0.29) is 23.6 Å². The van der Waals surface area contributed by atoms with Gasteiger partial charge in [0.05, 0.1) is 25.1 Å². The summed E-state index contributed by atoms with van der Waals surface area (Å²) in [5, 5.41) is 0. The SMILES string of the molecule is COC(=O)C1CC(Oc2ccccc2F)CN1C(=O)CNS(=O)(=O)c1cccc(C)c1. The number of likely N-dealkylation sites (tertiary alicyclic amines) is 1. The van der Waals surface area contributed by atoms with E-state index in [1.807, 2.05) is 0 Å². The van der Waals surface area contributed by atoms with Crippen molar-refractivity contribution in [3.05, 3.63) is 59.9 Å². The normalized spacial score (nSPS) is 18.6. The van der Waals surface area contributed by atoms with Crippen molar-refractivity contribution in [3.8, 4) is 5.75 Å². The number of amides is 1. The highest BCUT2D eigenvalue weighted by atomic mass is 32.2. The van der Waals surface area contributed by atoms with Gasteiger partial charge in [-0.2, -0.15) is 0 Å². The molecule has 0 radical (unpaired) electrons. The number of carbonyl (C=O) groups is 2. The zero-order chi connectivity index (χ0) is 22.6. The van der Waals surface area contributed by atoms with Gasteiger partial charge in [0.15, 0.2) is 11.6 Å². The first-order chi connectivity index (χ1) is 14.7. The largest absolute Gasteiger partial charge is 0.485 e. The fourth-order valence-electron chi connectivity index (χ4n) is 3.36. The van der Waals surface area contributed by atoms with E-state index in [4.69, 9.17) is 9.47 Å². The van der Waals surface area contributed by atoms with Crippen LogP contribution in [0.5, 0.6) is 5.75 Å². The number of hydrogen-bond acceptors (Lipinski definition) is 6. The predicted octanol–water partition coefficient (Wildman–Crippen LogP) is 1.63. The van der Waals surface area contributed by atoms with Crippen molar-refractivity contribution < 1.29 is 31.9 Å². The summed E-state index contributed by atoms with van der Waals surface area (Å²) in [7, 11) is -2.72. The second kappa shape index (κ2) is 9.44. The number of halogens is 1. The molecular weight excluding hydrogens is 427 g/mol. The minimum absolute atomic E-state index is 0.00515. The minimum Gasteiger partial charge on any atom is -0.485 e. The summed E-state index contributed by atoms with van der Waals surface area (Å²) < 4.78 is 51.5. The Kier molecular flexibility index (Phi) is 6.91. The monoisotopic (exact) mass is 450 g/mol. The number of ether oxygens (including phenoxy) is 2. The standard InChI is InChI=1S/C21H23FN2O6S/c1-14-6-5-7-16(10-14)31(27,28)23-12-20(25)24-13-15(11-18(24)21(26)29-2)30-19-9-4-3-8-17(19)22/h3-10,15,18,23H,11-13H2,1-2H3. The van der Waals surface area contributed by atoms with E-state index in [1.54, 1.807) is 25.1 Å². The molecule has 1 N–H and O–H groups in total. The van der Waals surface area contributed by atoms with Gasteiger partial charge in [0.1, 0.15) is 12.1 Å². The van der Waals surface area contributed by atoms with Gasteiger partial charge in [0.25, 0.3) is 0 Å².